The number of nitrogen functional groups attached to an aromatic ring is 1. The number of nitrogens with two attached hydrogens (primary N) is 1. The Balaban J connectivity index is 2.14. The highest BCUT2D eigenvalue weighted by atomic mass is 19.4. The molecule has 0 saturated carbocycles. The molecule has 104 valence electrons. The zero-order valence-corrected chi connectivity index (χ0v) is 10.1. The zero-order valence-electron chi connectivity index (χ0n) is 10.1. The number of hydrogen-bond acceptors (Lipinski definition) is 3. The molecule has 4 nitrogen and oxygen atoms in total. The molecule has 0 bridgehead atoms. The quantitative estimate of drug-likeness (QED) is 0.640. The molecular formula is C12H14F3N3O. The number of amides is 1. The summed E-state index contributed by atoms with van der Waals surface area (Å²) >= 11 is 0. The van der Waals surface area contributed by atoms with Crippen LogP contribution in [0.3, 0.4) is 0 Å². The van der Waals surface area contributed by atoms with Crippen LogP contribution >= 0.6 is 0 Å². The SMILES string of the molecule is NNc1ccccc1C(=O)N1CCC(C(F)(F)F)C1. The monoisotopic (exact) mass is 273 g/mol. The van der Waals surface area contributed by atoms with E-state index in [1.54, 1.807) is 24.3 Å². The second kappa shape index (κ2) is 5.08. The van der Waals surface area contributed by atoms with Crippen LogP contribution in [0, 0.1) is 5.92 Å². The molecule has 0 aliphatic carbocycles. The van der Waals surface area contributed by atoms with Gasteiger partial charge in [-0.25, -0.2) is 0 Å². The number of hydrazine groups is 1. The van der Waals surface area contributed by atoms with Gasteiger partial charge in [0.1, 0.15) is 0 Å². The van der Waals surface area contributed by atoms with E-state index >= 15 is 0 Å². The van der Waals surface area contributed by atoms with Crippen LogP contribution in [-0.2, 0) is 0 Å². The van der Waals surface area contributed by atoms with E-state index in [0.717, 1.165) is 0 Å². The molecule has 7 heteroatoms. The van der Waals surface area contributed by atoms with Gasteiger partial charge in [0.25, 0.3) is 5.91 Å². The minimum atomic E-state index is -4.25. The Morgan fingerprint density at radius 1 is 1.37 bits per heavy atom. The Hall–Kier alpha value is -1.76. The number of anilines is 1. The van der Waals surface area contributed by atoms with Crippen LogP contribution in [0.4, 0.5) is 18.9 Å². The largest absolute Gasteiger partial charge is 0.393 e. The molecule has 0 aromatic heterocycles. The van der Waals surface area contributed by atoms with Gasteiger partial charge in [-0.05, 0) is 18.6 Å². The lowest BCUT2D eigenvalue weighted by molar-refractivity contribution is -0.169. The Kier molecular flexibility index (Phi) is 3.66. The third kappa shape index (κ3) is 2.81. The predicted octanol–water partition coefficient (Wildman–Crippen LogP) is 2.00. The smallest absolute Gasteiger partial charge is 0.338 e. The highest BCUT2D eigenvalue weighted by Gasteiger charge is 2.44. The van der Waals surface area contributed by atoms with Gasteiger partial charge in [-0.3, -0.25) is 10.6 Å². The van der Waals surface area contributed by atoms with Crippen molar-refractivity contribution in [1.29, 1.82) is 0 Å². The average molecular weight is 273 g/mol. The summed E-state index contributed by atoms with van der Waals surface area (Å²) in [5.41, 5.74) is 3.06. The van der Waals surface area contributed by atoms with E-state index in [1.807, 2.05) is 0 Å². The van der Waals surface area contributed by atoms with Crippen LogP contribution in [0.1, 0.15) is 16.8 Å². The summed E-state index contributed by atoms with van der Waals surface area (Å²) in [6.45, 7) is -0.177. The Morgan fingerprint density at radius 2 is 2.05 bits per heavy atom. The number of rotatable bonds is 2. The van der Waals surface area contributed by atoms with Crippen molar-refractivity contribution in [1.82, 2.24) is 4.90 Å². The fourth-order valence-electron chi connectivity index (χ4n) is 2.18. The van der Waals surface area contributed by atoms with E-state index in [1.165, 1.54) is 4.90 Å². The van der Waals surface area contributed by atoms with Gasteiger partial charge in [-0.2, -0.15) is 13.2 Å². The van der Waals surface area contributed by atoms with E-state index in [2.05, 4.69) is 5.43 Å². The third-order valence-electron chi connectivity index (χ3n) is 3.25. The first-order chi connectivity index (χ1) is 8.93. The molecule has 3 N–H and O–H groups in total. The number of hydrogen-bond donors (Lipinski definition) is 2. The number of likely N-dealkylation sites (tertiary alicyclic amines) is 1. The number of benzene rings is 1. The number of alkyl halides is 3. The molecule has 1 aliphatic rings. The van der Waals surface area contributed by atoms with Crippen molar-refractivity contribution in [3.8, 4) is 0 Å². The Bertz CT molecular complexity index is 476. The standard InChI is InChI=1S/C12H14F3N3O/c13-12(14,15)8-5-6-18(7-8)11(19)9-3-1-2-4-10(9)17-16/h1-4,8,17H,5-7,16H2. The van der Waals surface area contributed by atoms with Gasteiger partial charge in [-0.1, -0.05) is 12.1 Å². The average Bonchev–Trinajstić information content (AvgIpc) is 2.87. The lowest BCUT2D eigenvalue weighted by atomic mass is 10.1. The van der Waals surface area contributed by atoms with Crippen molar-refractivity contribution >= 4 is 11.6 Å². The minimum Gasteiger partial charge on any atom is -0.338 e. The number of para-hydroxylation sites is 1. The number of nitrogens with zero attached hydrogens (tertiary/aromatic N) is 1. The summed E-state index contributed by atoms with van der Waals surface area (Å²) in [4.78, 5) is 13.4. The van der Waals surface area contributed by atoms with Crippen molar-refractivity contribution in [3.05, 3.63) is 29.8 Å². The molecule has 1 heterocycles. The Labute approximate surface area is 108 Å². The zero-order chi connectivity index (χ0) is 14.0. The van der Waals surface area contributed by atoms with Gasteiger partial charge in [0.2, 0.25) is 0 Å². The normalized spacial score (nSPS) is 19.6. The number of carbonyl (C=O) groups is 1. The van der Waals surface area contributed by atoms with Gasteiger partial charge in [0.05, 0.1) is 17.2 Å². The molecule has 1 fully saturated rings. The third-order valence-corrected chi connectivity index (χ3v) is 3.25. The maximum atomic E-state index is 12.6. The number of nitrogens with one attached hydrogen (secondary N) is 1. The number of halogens is 3. The lowest BCUT2D eigenvalue weighted by Crippen LogP contribution is -2.32. The summed E-state index contributed by atoms with van der Waals surface area (Å²) in [7, 11) is 0. The summed E-state index contributed by atoms with van der Waals surface area (Å²) in [5, 5.41) is 0. The molecule has 0 radical (unpaired) electrons. The summed E-state index contributed by atoms with van der Waals surface area (Å²) < 4.78 is 37.7. The lowest BCUT2D eigenvalue weighted by Gasteiger charge is -2.19. The number of carbonyl (C=O) groups excluding carboxylic acids is 1. The molecule has 1 aromatic carbocycles. The first kappa shape index (κ1) is 13.7. The maximum Gasteiger partial charge on any atom is 0.393 e. The van der Waals surface area contributed by atoms with Crippen LogP contribution in [0.2, 0.25) is 0 Å². The van der Waals surface area contributed by atoms with Gasteiger partial charge < -0.3 is 10.3 Å². The molecule has 1 saturated heterocycles. The van der Waals surface area contributed by atoms with E-state index < -0.39 is 18.0 Å². The highest BCUT2D eigenvalue weighted by molar-refractivity contribution is 5.99. The first-order valence-corrected chi connectivity index (χ1v) is 5.85. The van der Waals surface area contributed by atoms with Crippen LogP contribution in [0.25, 0.3) is 0 Å². The van der Waals surface area contributed by atoms with Gasteiger partial charge in [0.15, 0.2) is 0 Å². The molecule has 2 rings (SSSR count). The highest BCUT2D eigenvalue weighted by Crippen LogP contribution is 2.34. The fourth-order valence-corrected chi connectivity index (χ4v) is 2.18. The molecule has 19 heavy (non-hydrogen) atoms. The van der Waals surface area contributed by atoms with Gasteiger partial charge in [0, 0.05) is 13.1 Å². The maximum absolute atomic E-state index is 12.6. The summed E-state index contributed by atoms with van der Waals surface area (Å²) in [6, 6.07) is 6.48. The first-order valence-electron chi connectivity index (χ1n) is 5.85. The molecular weight excluding hydrogens is 259 g/mol. The second-order valence-corrected chi connectivity index (χ2v) is 4.47. The van der Waals surface area contributed by atoms with Crippen molar-refractivity contribution < 1.29 is 18.0 Å². The summed E-state index contributed by atoms with van der Waals surface area (Å²) in [5.74, 6) is 3.42. The topological polar surface area (TPSA) is 58.4 Å². The molecule has 1 aliphatic heterocycles. The molecule has 1 aromatic rings. The summed E-state index contributed by atoms with van der Waals surface area (Å²) in [6.07, 6.45) is -4.30. The van der Waals surface area contributed by atoms with Gasteiger partial charge >= 0.3 is 6.18 Å². The van der Waals surface area contributed by atoms with Gasteiger partial charge in [-0.15, -0.1) is 0 Å². The van der Waals surface area contributed by atoms with Crippen molar-refractivity contribution in [3.63, 3.8) is 0 Å². The van der Waals surface area contributed by atoms with E-state index in [4.69, 9.17) is 5.84 Å². The van der Waals surface area contributed by atoms with Crippen LogP contribution in [0.5, 0.6) is 0 Å². The van der Waals surface area contributed by atoms with Crippen LogP contribution < -0.4 is 11.3 Å². The van der Waals surface area contributed by atoms with Crippen molar-refractivity contribution in [2.45, 2.75) is 12.6 Å². The van der Waals surface area contributed by atoms with Crippen LogP contribution in [0.15, 0.2) is 24.3 Å². The van der Waals surface area contributed by atoms with Crippen molar-refractivity contribution in [2.75, 3.05) is 18.5 Å². The Morgan fingerprint density at radius 3 is 2.63 bits per heavy atom. The molecule has 1 amide bonds. The molecule has 1 unspecified atom stereocenters. The second-order valence-electron chi connectivity index (χ2n) is 4.47. The molecule has 0 spiro atoms. The minimum absolute atomic E-state index is 0.0482. The predicted molar refractivity (Wildman–Crippen MR) is 64.3 cm³/mol. The van der Waals surface area contributed by atoms with Crippen molar-refractivity contribution in [2.24, 2.45) is 11.8 Å². The van der Waals surface area contributed by atoms with E-state index in [-0.39, 0.29) is 25.1 Å². The molecule has 1 atom stereocenters. The van der Waals surface area contributed by atoms with Crippen LogP contribution in [-0.4, -0.2) is 30.1 Å². The fraction of sp³-hybridized carbons (Fsp3) is 0.417. The van der Waals surface area contributed by atoms with E-state index in [0.29, 0.717) is 5.69 Å². The van der Waals surface area contributed by atoms with E-state index in [9.17, 15) is 18.0 Å².